The summed E-state index contributed by atoms with van der Waals surface area (Å²) < 4.78 is 11.6. The highest BCUT2D eigenvalue weighted by molar-refractivity contribution is 7.80. The molecule has 7 heteroatoms. The van der Waals surface area contributed by atoms with Gasteiger partial charge in [-0.1, -0.05) is 23.7 Å². The summed E-state index contributed by atoms with van der Waals surface area (Å²) in [4.78, 5) is 0. The third-order valence-electron chi connectivity index (χ3n) is 3.27. The quantitative estimate of drug-likeness (QED) is 0.402. The highest BCUT2D eigenvalue weighted by atomic mass is 35.5. The van der Waals surface area contributed by atoms with Crippen molar-refractivity contribution >= 4 is 35.1 Å². The van der Waals surface area contributed by atoms with Gasteiger partial charge in [-0.15, -0.1) is 0 Å². The van der Waals surface area contributed by atoms with Gasteiger partial charge in [0.25, 0.3) is 0 Å². The molecular formula is C19H22ClN3O2S. The van der Waals surface area contributed by atoms with Gasteiger partial charge in [-0.25, -0.2) is 0 Å². The molecule has 0 bridgehead atoms. The Balaban J connectivity index is 2.05. The fraction of sp³-hybridized carbons (Fsp3) is 0.263. The van der Waals surface area contributed by atoms with Crippen LogP contribution >= 0.6 is 23.8 Å². The first-order chi connectivity index (χ1) is 12.6. The van der Waals surface area contributed by atoms with E-state index in [2.05, 4.69) is 15.8 Å². The molecule has 0 heterocycles. The molecule has 2 rings (SSSR count). The second-order valence-corrected chi connectivity index (χ2v) is 6.13. The molecule has 138 valence electrons. The molecule has 0 saturated heterocycles. The lowest BCUT2D eigenvalue weighted by molar-refractivity contribution is 0.269. The van der Waals surface area contributed by atoms with Gasteiger partial charge in [-0.2, -0.15) is 5.10 Å². The third-order valence-corrected chi connectivity index (χ3v) is 3.74. The van der Waals surface area contributed by atoms with Crippen LogP contribution < -0.4 is 20.2 Å². The molecule has 0 spiro atoms. The van der Waals surface area contributed by atoms with Gasteiger partial charge in [0.05, 0.1) is 12.8 Å². The maximum Gasteiger partial charge on any atom is 0.186 e. The van der Waals surface area contributed by atoms with E-state index in [1.165, 1.54) is 0 Å². The lowest BCUT2D eigenvalue weighted by atomic mass is 10.2. The molecule has 2 aromatic carbocycles. The fourth-order valence-electron chi connectivity index (χ4n) is 2.15. The second-order valence-electron chi connectivity index (χ2n) is 5.29. The molecular weight excluding hydrogens is 370 g/mol. The molecule has 2 aromatic rings. The van der Waals surface area contributed by atoms with Crippen molar-refractivity contribution in [3.63, 3.8) is 0 Å². The maximum absolute atomic E-state index is 6.00. The van der Waals surface area contributed by atoms with Crippen molar-refractivity contribution in [2.24, 2.45) is 5.10 Å². The standard InChI is InChI=1S/C19H22ClN3O2S/c1-3-21-19(26)23-22-12-14-8-9-17(18(11-14)24-4-2)25-13-15-6-5-7-16(20)10-15/h5-12H,3-4,13H2,1-2H3,(H2,21,23,26)/b22-12-. The van der Waals surface area contributed by atoms with Crippen LogP contribution in [0.1, 0.15) is 25.0 Å². The first-order valence-corrected chi connectivity index (χ1v) is 9.12. The third kappa shape index (κ3) is 6.54. The SMILES string of the molecule is CCNC(=S)N/N=C\c1ccc(OCc2cccc(Cl)c2)c(OCC)c1. The van der Waals surface area contributed by atoms with E-state index in [-0.39, 0.29) is 0 Å². The number of nitrogens with one attached hydrogen (secondary N) is 2. The Kier molecular flexibility index (Phi) is 8.18. The number of thiocarbonyl (C=S) groups is 1. The van der Waals surface area contributed by atoms with E-state index in [0.29, 0.717) is 34.8 Å². The molecule has 26 heavy (non-hydrogen) atoms. The van der Waals surface area contributed by atoms with Gasteiger partial charge in [0.15, 0.2) is 16.6 Å². The predicted octanol–water partition coefficient (Wildman–Crippen LogP) is 4.14. The Labute approximate surface area is 164 Å². The van der Waals surface area contributed by atoms with Crippen LogP contribution in [-0.4, -0.2) is 24.5 Å². The van der Waals surface area contributed by atoms with Crippen LogP contribution in [0.2, 0.25) is 5.02 Å². The number of rotatable bonds is 8. The number of halogens is 1. The molecule has 2 N–H and O–H groups in total. The van der Waals surface area contributed by atoms with E-state index >= 15 is 0 Å². The van der Waals surface area contributed by atoms with Crippen molar-refractivity contribution in [1.82, 2.24) is 10.7 Å². The van der Waals surface area contributed by atoms with Gasteiger partial charge in [-0.05, 0) is 67.5 Å². The van der Waals surface area contributed by atoms with Gasteiger partial charge in [-0.3, -0.25) is 5.43 Å². The zero-order valence-corrected chi connectivity index (χ0v) is 16.4. The summed E-state index contributed by atoms with van der Waals surface area (Å²) in [6.45, 7) is 5.59. The van der Waals surface area contributed by atoms with Crippen LogP contribution in [0.3, 0.4) is 0 Å². The van der Waals surface area contributed by atoms with Gasteiger partial charge >= 0.3 is 0 Å². The summed E-state index contributed by atoms with van der Waals surface area (Å²) in [6.07, 6.45) is 1.67. The number of hydrazone groups is 1. The van der Waals surface area contributed by atoms with Crippen LogP contribution in [0.25, 0.3) is 0 Å². The average molecular weight is 392 g/mol. The van der Waals surface area contributed by atoms with Crippen molar-refractivity contribution in [3.05, 3.63) is 58.6 Å². The van der Waals surface area contributed by atoms with Crippen LogP contribution in [0.4, 0.5) is 0 Å². The Hall–Kier alpha value is -2.31. The minimum absolute atomic E-state index is 0.409. The summed E-state index contributed by atoms with van der Waals surface area (Å²) >= 11 is 11.1. The molecule has 0 fully saturated rings. The molecule has 0 aliphatic rings. The Morgan fingerprint density at radius 3 is 2.73 bits per heavy atom. The smallest absolute Gasteiger partial charge is 0.186 e. The number of ether oxygens (including phenoxy) is 2. The Morgan fingerprint density at radius 1 is 1.15 bits per heavy atom. The van der Waals surface area contributed by atoms with E-state index in [4.69, 9.17) is 33.3 Å². The highest BCUT2D eigenvalue weighted by Crippen LogP contribution is 2.29. The lowest BCUT2D eigenvalue weighted by Crippen LogP contribution is -2.31. The number of nitrogens with zero attached hydrogens (tertiary/aromatic N) is 1. The highest BCUT2D eigenvalue weighted by Gasteiger charge is 2.07. The van der Waals surface area contributed by atoms with E-state index in [9.17, 15) is 0 Å². The molecule has 0 saturated carbocycles. The van der Waals surface area contributed by atoms with Crippen molar-refractivity contribution in [1.29, 1.82) is 0 Å². The minimum atomic E-state index is 0.409. The molecule has 0 radical (unpaired) electrons. The molecule has 0 amide bonds. The van der Waals surface area contributed by atoms with Crippen molar-refractivity contribution in [2.75, 3.05) is 13.2 Å². The zero-order valence-electron chi connectivity index (χ0n) is 14.8. The first-order valence-electron chi connectivity index (χ1n) is 8.33. The van der Waals surface area contributed by atoms with Crippen molar-refractivity contribution < 1.29 is 9.47 Å². The monoisotopic (exact) mass is 391 g/mol. The normalized spacial score (nSPS) is 10.6. The molecule has 0 atom stereocenters. The molecule has 0 unspecified atom stereocenters. The van der Waals surface area contributed by atoms with Crippen LogP contribution in [0, 0.1) is 0 Å². The summed E-state index contributed by atoms with van der Waals surface area (Å²) in [5, 5.41) is 8.23. The van der Waals surface area contributed by atoms with Crippen molar-refractivity contribution in [2.45, 2.75) is 20.5 Å². The van der Waals surface area contributed by atoms with Crippen LogP contribution in [0.15, 0.2) is 47.6 Å². The number of hydrogen-bond acceptors (Lipinski definition) is 4. The summed E-state index contributed by atoms with van der Waals surface area (Å²) in [6, 6.07) is 13.2. The van der Waals surface area contributed by atoms with Crippen LogP contribution in [0.5, 0.6) is 11.5 Å². The lowest BCUT2D eigenvalue weighted by Gasteiger charge is -2.13. The van der Waals surface area contributed by atoms with Gasteiger partial charge in [0.1, 0.15) is 6.61 Å². The first kappa shape index (κ1) is 20.0. The minimum Gasteiger partial charge on any atom is -0.490 e. The predicted molar refractivity (Wildman–Crippen MR) is 110 cm³/mol. The fourth-order valence-corrected chi connectivity index (χ4v) is 2.56. The van der Waals surface area contributed by atoms with Crippen molar-refractivity contribution in [3.8, 4) is 11.5 Å². The van der Waals surface area contributed by atoms with Crippen LogP contribution in [-0.2, 0) is 6.61 Å². The van der Waals surface area contributed by atoms with E-state index in [0.717, 1.165) is 17.7 Å². The molecule has 0 aromatic heterocycles. The number of hydrogen-bond donors (Lipinski definition) is 2. The molecule has 0 aliphatic carbocycles. The largest absolute Gasteiger partial charge is 0.490 e. The topological polar surface area (TPSA) is 54.9 Å². The average Bonchev–Trinajstić information content (AvgIpc) is 2.62. The zero-order chi connectivity index (χ0) is 18.8. The molecule has 5 nitrogen and oxygen atoms in total. The molecule has 0 aliphatic heterocycles. The Bertz CT molecular complexity index is 768. The van der Waals surface area contributed by atoms with Gasteiger partial charge < -0.3 is 14.8 Å². The summed E-state index contributed by atoms with van der Waals surface area (Å²) in [5.74, 6) is 1.33. The maximum atomic E-state index is 6.00. The van der Waals surface area contributed by atoms with Gasteiger partial charge in [0, 0.05) is 11.6 Å². The Morgan fingerprint density at radius 2 is 2.00 bits per heavy atom. The van der Waals surface area contributed by atoms with E-state index in [1.807, 2.05) is 56.3 Å². The number of benzene rings is 2. The van der Waals surface area contributed by atoms with E-state index in [1.54, 1.807) is 6.21 Å². The van der Waals surface area contributed by atoms with Gasteiger partial charge in [0.2, 0.25) is 0 Å². The van der Waals surface area contributed by atoms with E-state index < -0.39 is 0 Å². The summed E-state index contributed by atoms with van der Waals surface area (Å²) in [5.41, 5.74) is 4.62. The second kappa shape index (κ2) is 10.6. The summed E-state index contributed by atoms with van der Waals surface area (Å²) in [7, 11) is 0.